The lowest BCUT2D eigenvalue weighted by Crippen LogP contribution is -2.48. The fourth-order valence-corrected chi connectivity index (χ4v) is 2.86. The van der Waals surface area contributed by atoms with E-state index < -0.39 is 0 Å². The molecule has 0 radical (unpaired) electrons. The molecule has 2 rings (SSSR count). The largest absolute Gasteiger partial charge is 0.358 e. The predicted molar refractivity (Wildman–Crippen MR) is 78.1 cm³/mol. The summed E-state index contributed by atoms with van der Waals surface area (Å²) < 4.78 is 0. The molecular formula is C16H24N2O. The second kappa shape index (κ2) is 6.20. The zero-order valence-corrected chi connectivity index (χ0v) is 12.1. The van der Waals surface area contributed by atoms with Crippen LogP contribution >= 0.6 is 0 Å². The number of carbonyl (C=O) groups is 1. The van der Waals surface area contributed by atoms with Gasteiger partial charge in [0.25, 0.3) is 0 Å². The average molecular weight is 260 g/mol. The molecule has 0 saturated carbocycles. The van der Waals surface area contributed by atoms with Crippen molar-refractivity contribution in [2.75, 3.05) is 7.05 Å². The molecule has 19 heavy (non-hydrogen) atoms. The highest BCUT2D eigenvalue weighted by molar-refractivity contribution is 5.81. The molecule has 1 amide bonds. The maximum Gasteiger partial charge on any atom is 0.236 e. The first kappa shape index (κ1) is 14.1. The summed E-state index contributed by atoms with van der Waals surface area (Å²) in [6.45, 7) is 4.31. The van der Waals surface area contributed by atoms with Crippen LogP contribution in [0.25, 0.3) is 0 Å². The van der Waals surface area contributed by atoms with Crippen molar-refractivity contribution in [2.24, 2.45) is 5.92 Å². The van der Waals surface area contributed by atoms with Crippen LogP contribution in [0.1, 0.15) is 31.4 Å². The maximum absolute atomic E-state index is 11.9. The van der Waals surface area contributed by atoms with E-state index in [2.05, 4.69) is 48.7 Å². The van der Waals surface area contributed by atoms with Crippen molar-refractivity contribution in [3.8, 4) is 0 Å². The van der Waals surface area contributed by atoms with Crippen molar-refractivity contribution >= 4 is 5.91 Å². The van der Waals surface area contributed by atoms with Crippen LogP contribution in [0, 0.1) is 5.92 Å². The van der Waals surface area contributed by atoms with E-state index in [4.69, 9.17) is 0 Å². The van der Waals surface area contributed by atoms with Crippen LogP contribution in [0.15, 0.2) is 24.3 Å². The Kier molecular flexibility index (Phi) is 4.59. The Morgan fingerprint density at radius 3 is 2.32 bits per heavy atom. The number of likely N-dealkylation sites (N-methyl/N-ethyl adjacent to an activating group) is 1. The van der Waals surface area contributed by atoms with Gasteiger partial charge in [-0.1, -0.05) is 38.1 Å². The smallest absolute Gasteiger partial charge is 0.236 e. The summed E-state index contributed by atoms with van der Waals surface area (Å²) in [5.41, 5.74) is 2.83. The molecule has 1 aliphatic carbocycles. The maximum atomic E-state index is 11.9. The Morgan fingerprint density at radius 2 is 1.84 bits per heavy atom. The summed E-state index contributed by atoms with van der Waals surface area (Å²) in [4.78, 5) is 11.9. The first-order chi connectivity index (χ1) is 9.10. The van der Waals surface area contributed by atoms with Crippen molar-refractivity contribution in [3.05, 3.63) is 35.4 Å². The average Bonchev–Trinajstić information content (AvgIpc) is 2.78. The minimum absolute atomic E-state index is 0.0793. The molecule has 0 aliphatic heterocycles. The van der Waals surface area contributed by atoms with Crippen LogP contribution in [-0.4, -0.2) is 25.0 Å². The molecule has 1 aromatic rings. The Hall–Kier alpha value is -1.35. The third-order valence-electron chi connectivity index (χ3n) is 3.76. The standard InChI is InChI=1S/C16H24N2O/c1-11(2)8-15(16(19)17-3)18-14-9-12-6-4-5-7-13(12)10-14/h4-7,11,14-15,18H,8-10H2,1-3H3,(H,17,19). The van der Waals surface area contributed by atoms with Gasteiger partial charge in [0.1, 0.15) is 0 Å². The van der Waals surface area contributed by atoms with E-state index in [1.165, 1.54) is 11.1 Å². The number of carbonyl (C=O) groups excluding carboxylic acids is 1. The van der Waals surface area contributed by atoms with Gasteiger partial charge in [-0.2, -0.15) is 0 Å². The minimum atomic E-state index is -0.0793. The van der Waals surface area contributed by atoms with Crippen LogP contribution in [0.4, 0.5) is 0 Å². The van der Waals surface area contributed by atoms with Crippen molar-refractivity contribution in [2.45, 2.75) is 45.2 Å². The fourth-order valence-electron chi connectivity index (χ4n) is 2.86. The fraction of sp³-hybridized carbons (Fsp3) is 0.562. The first-order valence-electron chi connectivity index (χ1n) is 7.14. The summed E-state index contributed by atoms with van der Waals surface area (Å²) >= 11 is 0. The van der Waals surface area contributed by atoms with E-state index in [-0.39, 0.29) is 11.9 Å². The molecule has 3 heteroatoms. The quantitative estimate of drug-likeness (QED) is 0.849. The number of fused-ring (bicyclic) bond motifs is 1. The van der Waals surface area contributed by atoms with Gasteiger partial charge in [0.15, 0.2) is 0 Å². The summed E-state index contributed by atoms with van der Waals surface area (Å²) in [5, 5.41) is 6.30. The molecule has 1 aromatic carbocycles. The number of rotatable bonds is 5. The van der Waals surface area contributed by atoms with Gasteiger partial charge < -0.3 is 10.6 Å². The van der Waals surface area contributed by atoms with Crippen molar-refractivity contribution in [1.29, 1.82) is 0 Å². The lowest BCUT2D eigenvalue weighted by Gasteiger charge is -2.23. The zero-order chi connectivity index (χ0) is 13.8. The molecule has 1 unspecified atom stereocenters. The van der Waals surface area contributed by atoms with E-state index in [0.29, 0.717) is 12.0 Å². The van der Waals surface area contributed by atoms with Gasteiger partial charge in [-0.3, -0.25) is 4.79 Å². The topological polar surface area (TPSA) is 41.1 Å². The Morgan fingerprint density at radius 1 is 1.26 bits per heavy atom. The van der Waals surface area contributed by atoms with E-state index in [9.17, 15) is 4.79 Å². The monoisotopic (exact) mass is 260 g/mol. The molecule has 2 N–H and O–H groups in total. The number of hydrogen-bond acceptors (Lipinski definition) is 2. The molecule has 3 nitrogen and oxygen atoms in total. The van der Waals surface area contributed by atoms with E-state index in [0.717, 1.165) is 19.3 Å². The van der Waals surface area contributed by atoms with Crippen LogP contribution in [0.2, 0.25) is 0 Å². The number of amides is 1. The van der Waals surface area contributed by atoms with E-state index in [1.54, 1.807) is 7.05 Å². The normalized spacial score (nSPS) is 16.4. The van der Waals surface area contributed by atoms with Crippen molar-refractivity contribution < 1.29 is 4.79 Å². The van der Waals surface area contributed by atoms with Gasteiger partial charge in [-0.25, -0.2) is 0 Å². The highest BCUT2D eigenvalue weighted by Crippen LogP contribution is 2.22. The first-order valence-corrected chi connectivity index (χ1v) is 7.14. The number of nitrogens with one attached hydrogen (secondary N) is 2. The predicted octanol–water partition coefficient (Wildman–Crippen LogP) is 1.90. The second-order valence-electron chi connectivity index (χ2n) is 5.84. The summed E-state index contributed by atoms with van der Waals surface area (Å²) in [5.74, 6) is 0.614. The van der Waals surface area contributed by atoms with Crippen LogP contribution in [-0.2, 0) is 17.6 Å². The third-order valence-corrected chi connectivity index (χ3v) is 3.76. The van der Waals surface area contributed by atoms with Crippen molar-refractivity contribution in [3.63, 3.8) is 0 Å². The lowest BCUT2D eigenvalue weighted by molar-refractivity contribution is -0.123. The second-order valence-corrected chi connectivity index (χ2v) is 5.84. The Balaban J connectivity index is 1.98. The van der Waals surface area contributed by atoms with Crippen molar-refractivity contribution in [1.82, 2.24) is 10.6 Å². The molecule has 0 saturated heterocycles. The molecule has 1 atom stereocenters. The summed E-state index contributed by atoms with van der Waals surface area (Å²) in [7, 11) is 1.71. The SMILES string of the molecule is CNC(=O)C(CC(C)C)NC1Cc2ccccc2C1. The summed E-state index contributed by atoms with van der Waals surface area (Å²) in [6.07, 6.45) is 2.94. The Labute approximate surface area is 115 Å². The van der Waals surface area contributed by atoms with Crippen LogP contribution in [0.5, 0.6) is 0 Å². The number of benzene rings is 1. The van der Waals surface area contributed by atoms with Gasteiger partial charge in [0.05, 0.1) is 6.04 Å². The zero-order valence-electron chi connectivity index (χ0n) is 12.1. The molecule has 104 valence electrons. The third kappa shape index (κ3) is 3.57. The highest BCUT2D eigenvalue weighted by atomic mass is 16.2. The molecule has 0 aromatic heterocycles. The minimum Gasteiger partial charge on any atom is -0.358 e. The lowest BCUT2D eigenvalue weighted by atomic mass is 10.0. The molecular weight excluding hydrogens is 236 g/mol. The van der Waals surface area contributed by atoms with Gasteiger partial charge in [0.2, 0.25) is 5.91 Å². The summed E-state index contributed by atoms with van der Waals surface area (Å²) in [6, 6.07) is 8.86. The van der Waals surface area contributed by atoms with E-state index >= 15 is 0 Å². The van der Waals surface area contributed by atoms with Crippen LogP contribution < -0.4 is 10.6 Å². The highest BCUT2D eigenvalue weighted by Gasteiger charge is 2.26. The molecule has 0 fully saturated rings. The molecule has 0 bridgehead atoms. The molecule has 1 aliphatic rings. The number of hydrogen-bond donors (Lipinski definition) is 2. The van der Waals surface area contributed by atoms with Gasteiger partial charge in [-0.05, 0) is 36.3 Å². The molecule has 0 heterocycles. The van der Waals surface area contributed by atoms with Gasteiger partial charge in [-0.15, -0.1) is 0 Å². The van der Waals surface area contributed by atoms with Gasteiger partial charge in [0, 0.05) is 13.1 Å². The van der Waals surface area contributed by atoms with Crippen LogP contribution in [0.3, 0.4) is 0 Å². The Bertz CT molecular complexity index is 417. The molecule has 0 spiro atoms. The van der Waals surface area contributed by atoms with E-state index in [1.807, 2.05) is 0 Å². The van der Waals surface area contributed by atoms with Gasteiger partial charge >= 0.3 is 0 Å².